The summed E-state index contributed by atoms with van der Waals surface area (Å²) in [5.74, 6) is 0.116. The number of halogens is 1. The van der Waals surface area contributed by atoms with Gasteiger partial charge in [-0.15, -0.1) is 0 Å². The summed E-state index contributed by atoms with van der Waals surface area (Å²) < 4.78 is 0. The summed E-state index contributed by atoms with van der Waals surface area (Å²) in [6, 6.07) is 14.5. The van der Waals surface area contributed by atoms with Crippen LogP contribution in [0.25, 0.3) is 10.9 Å². The van der Waals surface area contributed by atoms with E-state index in [9.17, 15) is 9.59 Å². The van der Waals surface area contributed by atoms with E-state index >= 15 is 0 Å². The van der Waals surface area contributed by atoms with E-state index in [0.29, 0.717) is 27.7 Å². The zero-order chi connectivity index (χ0) is 20.4. The summed E-state index contributed by atoms with van der Waals surface area (Å²) in [5, 5.41) is 6.67. The van der Waals surface area contributed by atoms with Gasteiger partial charge in [0.1, 0.15) is 5.82 Å². The number of nitrogens with one attached hydrogen (secondary N) is 2. The third-order valence-electron chi connectivity index (χ3n) is 5.05. The first kappa shape index (κ1) is 19.2. The molecule has 6 nitrogen and oxygen atoms in total. The van der Waals surface area contributed by atoms with Gasteiger partial charge in [0.2, 0.25) is 0 Å². The first-order chi connectivity index (χ1) is 14.1. The first-order valence-corrected chi connectivity index (χ1v) is 9.92. The van der Waals surface area contributed by atoms with Gasteiger partial charge in [-0.25, -0.2) is 4.98 Å². The fourth-order valence-corrected chi connectivity index (χ4v) is 3.76. The summed E-state index contributed by atoms with van der Waals surface area (Å²) in [6.07, 6.45) is 2.17. The van der Waals surface area contributed by atoms with Crippen molar-refractivity contribution in [3.05, 3.63) is 64.7 Å². The Bertz CT molecular complexity index is 1090. The fraction of sp³-hybridized carbons (Fsp3) is 0.227. The maximum atomic E-state index is 13.2. The van der Waals surface area contributed by atoms with Crippen molar-refractivity contribution in [3.8, 4) is 0 Å². The van der Waals surface area contributed by atoms with Crippen molar-refractivity contribution < 1.29 is 9.59 Å². The van der Waals surface area contributed by atoms with Crippen molar-refractivity contribution in [1.29, 1.82) is 0 Å². The molecule has 2 N–H and O–H groups in total. The summed E-state index contributed by atoms with van der Waals surface area (Å²) in [5.41, 5.74) is 2.18. The van der Waals surface area contributed by atoms with E-state index in [2.05, 4.69) is 15.5 Å². The van der Waals surface area contributed by atoms with Crippen LogP contribution in [0.1, 0.15) is 33.6 Å². The molecule has 2 heterocycles. The van der Waals surface area contributed by atoms with E-state index in [1.165, 1.54) is 7.05 Å². The Morgan fingerprint density at radius 2 is 1.76 bits per heavy atom. The quantitative estimate of drug-likeness (QED) is 0.681. The van der Waals surface area contributed by atoms with Gasteiger partial charge in [-0.3, -0.25) is 9.59 Å². The van der Waals surface area contributed by atoms with Crippen LogP contribution in [0.3, 0.4) is 0 Å². The molecule has 29 heavy (non-hydrogen) atoms. The smallest absolute Gasteiger partial charge is 0.259 e. The molecule has 0 radical (unpaired) electrons. The van der Waals surface area contributed by atoms with Gasteiger partial charge in [-0.05, 0) is 43.2 Å². The molecule has 0 aliphatic carbocycles. The lowest BCUT2D eigenvalue weighted by atomic mass is 10.1. The van der Waals surface area contributed by atoms with Gasteiger partial charge in [-0.1, -0.05) is 29.8 Å². The van der Waals surface area contributed by atoms with Gasteiger partial charge in [0, 0.05) is 31.2 Å². The normalized spacial score (nSPS) is 13.5. The Kier molecular flexibility index (Phi) is 5.36. The molecule has 1 fully saturated rings. The minimum Gasteiger partial charge on any atom is -0.356 e. The lowest BCUT2D eigenvalue weighted by Crippen LogP contribution is -2.24. The Morgan fingerprint density at radius 1 is 1.00 bits per heavy atom. The molecule has 0 bridgehead atoms. The van der Waals surface area contributed by atoms with Crippen LogP contribution >= 0.6 is 11.6 Å². The number of amides is 2. The Morgan fingerprint density at radius 3 is 2.52 bits per heavy atom. The second kappa shape index (κ2) is 8.09. The van der Waals surface area contributed by atoms with Crippen molar-refractivity contribution in [2.24, 2.45) is 0 Å². The van der Waals surface area contributed by atoms with Gasteiger partial charge in [0.15, 0.2) is 0 Å². The Hall–Kier alpha value is -3.12. The van der Waals surface area contributed by atoms with Crippen molar-refractivity contribution in [3.63, 3.8) is 0 Å². The molecule has 7 heteroatoms. The molecule has 148 valence electrons. The zero-order valence-electron chi connectivity index (χ0n) is 16.0. The van der Waals surface area contributed by atoms with Crippen LogP contribution in [0.2, 0.25) is 5.02 Å². The number of rotatable bonds is 4. The summed E-state index contributed by atoms with van der Waals surface area (Å²) in [7, 11) is 1.53. The van der Waals surface area contributed by atoms with Gasteiger partial charge in [0.05, 0.1) is 21.7 Å². The topological polar surface area (TPSA) is 74.3 Å². The number of hydrogen-bond donors (Lipinski definition) is 2. The van der Waals surface area contributed by atoms with Gasteiger partial charge in [-0.2, -0.15) is 0 Å². The highest BCUT2D eigenvalue weighted by molar-refractivity contribution is 6.34. The number of anilines is 2. The van der Waals surface area contributed by atoms with Crippen LogP contribution in [0.4, 0.5) is 11.5 Å². The first-order valence-electron chi connectivity index (χ1n) is 9.54. The molecule has 1 aliphatic rings. The molecule has 2 amide bonds. The second-order valence-electron chi connectivity index (χ2n) is 6.97. The van der Waals surface area contributed by atoms with Crippen LogP contribution in [-0.4, -0.2) is 36.9 Å². The largest absolute Gasteiger partial charge is 0.356 e. The summed E-state index contributed by atoms with van der Waals surface area (Å²) in [4.78, 5) is 32.1. The lowest BCUT2D eigenvalue weighted by Gasteiger charge is -2.20. The number of benzene rings is 2. The second-order valence-corrected chi connectivity index (χ2v) is 7.38. The number of nitrogens with zero attached hydrogens (tertiary/aromatic N) is 2. The van der Waals surface area contributed by atoms with Crippen molar-refractivity contribution in [2.45, 2.75) is 12.8 Å². The van der Waals surface area contributed by atoms with Gasteiger partial charge in [0.25, 0.3) is 11.8 Å². The molecule has 1 aliphatic heterocycles. The molecule has 2 aromatic carbocycles. The highest BCUT2D eigenvalue weighted by atomic mass is 35.5. The summed E-state index contributed by atoms with van der Waals surface area (Å²) >= 11 is 6.11. The number of hydrogen-bond acceptors (Lipinski definition) is 4. The van der Waals surface area contributed by atoms with E-state index in [1.807, 2.05) is 30.3 Å². The maximum Gasteiger partial charge on any atom is 0.259 e. The molecule has 1 saturated heterocycles. The van der Waals surface area contributed by atoms with E-state index in [0.717, 1.165) is 36.8 Å². The molecule has 1 aromatic heterocycles. The van der Waals surface area contributed by atoms with Crippen LogP contribution < -0.4 is 15.5 Å². The third-order valence-corrected chi connectivity index (χ3v) is 5.38. The van der Waals surface area contributed by atoms with E-state index in [4.69, 9.17) is 16.6 Å². The molecule has 4 rings (SSSR count). The number of carbonyl (C=O) groups is 2. The van der Waals surface area contributed by atoms with Crippen LogP contribution in [0, 0.1) is 0 Å². The van der Waals surface area contributed by atoms with Crippen molar-refractivity contribution >= 4 is 45.8 Å². The molecule has 0 unspecified atom stereocenters. The van der Waals surface area contributed by atoms with E-state index in [-0.39, 0.29) is 11.8 Å². The van der Waals surface area contributed by atoms with Gasteiger partial charge < -0.3 is 15.5 Å². The van der Waals surface area contributed by atoms with Crippen LogP contribution in [-0.2, 0) is 0 Å². The Balaban J connectivity index is 1.71. The third kappa shape index (κ3) is 3.89. The minimum absolute atomic E-state index is 0.268. The Labute approximate surface area is 173 Å². The molecule has 0 atom stereocenters. The number of para-hydroxylation sites is 1. The van der Waals surface area contributed by atoms with Crippen LogP contribution in [0.15, 0.2) is 48.5 Å². The minimum atomic E-state index is -0.309. The molecular formula is C22H21ClN4O2. The monoisotopic (exact) mass is 408 g/mol. The van der Waals surface area contributed by atoms with Crippen molar-refractivity contribution in [2.75, 3.05) is 30.4 Å². The summed E-state index contributed by atoms with van der Waals surface area (Å²) in [6.45, 7) is 1.76. The standard InChI is InChI=1S/C22H21ClN4O2/c1-24-21(28)16-13-15(8-9-18(16)23)25-22(29)17-12-14-6-2-3-7-19(14)26-20(17)27-10-4-5-11-27/h2-3,6-9,12-13H,4-5,10-11H2,1H3,(H,24,28)(H,25,29). The molecular weight excluding hydrogens is 388 g/mol. The average Bonchev–Trinajstić information content (AvgIpc) is 3.28. The van der Waals surface area contributed by atoms with Crippen molar-refractivity contribution in [1.82, 2.24) is 10.3 Å². The average molecular weight is 409 g/mol. The predicted octanol–water partition coefficient (Wildman–Crippen LogP) is 4.10. The number of fused-ring (bicyclic) bond motifs is 1. The predicted molar refractivity (Wildman–Crippen MR) is 116 cm³/mol. The van der Waals surface area contributed by atoms with Crippen LogP contribution in [0.5, 0.6) is 0 Å². The highest BCUT2D eigenvalue weighted by Gasteiger charge is 2.22. The van der Waals surface area contributed by atoms with E-state index < -0.39 is 0 Å². The fourth-order valence-electron chi connectivity index (χ4n) is 3.55. The molecule has 0 saturated carbocycles. The lowest BCUT2D eigenvalue weighted by molar-refractivity contribution is 0.0961. The van der Waals surface area contributed by atoms with Gasteiger partial charge >= 0.3 is 0 Å². The highest BCUT2D eigenvalue weighted by Crippen LogP contribution is 2.28. The number of aromatic nitrogens is 1. The molecule has 3 aromatic rings. The number of carbonyl (C=O) groups excluding carboxylic acids is 2. The SMILES string of the molecule is CNC(=O)c1cc(NC(=O)c2cc3ccccc3nc2N2CCCC2)ccc1Cl. The zero-order valence-corrected chi connectivity index (χ0v) is 16.8. The molecule has 0 spiro atoms. The number of pyridine rings is 1. The van der Waals surface area contributed by atoms with E-state index in [1.54, 1.807) is 18.2 Å². The maximum absolute atomic E-state index is 13.2.